The molecule has 1 aromatic carbocycles. The Bertz CT molecular complexity index is 500. The van der Waals surface area contributed by atoms with E-state index in [1.54, 1.807) is 6.07 Å². The van der Waals surface area contributed by atoms with E-state index in [0.717, 1.165) is 0 Å². The smallest absolute Gasteiger partial charge is 0.332 e. The number of amides is 2. The number of aliphatic carboxylic acids is 1. The number of carboxylic acids is 1. The van der Waals surface area contributed by atoms with Crippen molar-refractivity contribution in [3.8, 4) is 0 Å². The van der Waals surface area contributed by atoms with Crippen molar-refractivity contribution in [3.05, 3.63) is 30.1 Å². The summed E-state index contributed by atoms with van der Waals surface area (Å²) >= 11 is 0. The van der Waals surface area contributed by atoms with Crippen LogP contribution in [0.15, 0.2) is 24.3 Å². The second-order valence-electron chi connectivity index (χ2n) is 4.25. The molecule has 7 heteroatoms. The van der Waals surface area contributed by atoms with Gasteiger partial charge in [-0.25, -0.2) is 14.0 Å². The average Bonchev–Trinajstić information content (AvgIpc) is 2.82. The number of nitrogens with one attached hydrogen (secondary N) is 2. The standard InChI is InChI=1S/C12H13FN2O4/c13-8-3-1-2-4-9(8)14-11(18)15-12(10(16)17)5-6-19-7-12/h1-4H,5-7H2,(H,16,17)(H2,14,15,18). The minimum atomic E-state index is -1.45. The maximum Gasteiger partial charge on any atom is 0.332 e. The number of ether oxygens (including phenoxy) is 1. The fourth-order valence-corrected chi connectivity index (χ4v) is 1.82. The van der Waals surface area contributed by atoms with Gasteiger partial charge in [-0.3, -0.25) is 0 Å². The zero-order valence-corrected chi connectivity index (χ0v) is 9.98. The van der Waals surface area contributed by atoms with Gasteiger partial charge in [0.2, 0.25) is 0 Å². The third-order valence-corrected chi connectivity index (χ3v) is 2.91. The van der Waals surface area contributed by atoms with Crippen molar-refractivity contribution in [3.63, 3.8) is 0 Å². The molecule has 2 amide bonds. The SMILES string of the molecule is O=C(Nc1ccccc1F)NC1(C(=O)O)CCOC1. The van der Waals surface area contributed by atoms with Gasteiger partial charge in [-0.2, -0.15) is 0 Å². The molecule has 0 radical (unpaired) electrons. The first-order chi connectivity index (χ1) is 9.03. The number of halogens is 1. The summed E-state index contributed by atoms with van der Waals surface area (Å²) in [6.07, 6.45) is 0.174. The van der Waals surface area contributed by atoms with E-state index in [9.17, 15) is 14.0 Å². The summed E-state index contributed by atoms with van der Waals surface area (Å²) < 4.78 is 18.3. The zero-order valence-electron chi connectivity index (χ0n) is 9.98. The third kappa shape index (κ3) is 2.82. The van der Waals surface area contributed by atoms with Crippen LogP contribution in [0.2, 0.25) is 0 Å². The predicted molar refractivity (Wildman–Crippen MR) is 64.4 cm³/mol. The van der Waals surface area contributed by atoms with E-state index in [0.29, 0.717) is 0 Å². The molecular weight excluding hydrogens is 255 g/mol. The van der Waals surface area contributed by atoms with Gasteiger partial charge in [0.05, 0.1) is 12.3 Å². The van der Waals surface area contributed by atoms with Crippen molar-refractivity contribution < 1.29 is 23.8 Å². The number of rotatable bonds is 3. The molecule has 1 aromatic rings. The molecule has 102 valence electrons. The highest BCUT2D eigenvalue weighted by Gasteiger charge is 2.44. The Morgan fingerprint density at radius 2 is 2.11 bits per heavy atom. The summed E-state index contributed by atoms with van der Waals surface area (Å²) in [5.74, 6) is -1.77. The van der Waals surface area contributed by atoms with Crippen molar-refractivity contribution in [2.75, 3.05) is 18.5 Å². The summed E-state index contributed by atoms with van der Waals surface area (Å²) in [7, 11) is 0. The lowest BCUT2D eigenvalue weighted by Gasteiger charge is -2.23. The lowest BCUT2D eigenvalue weighted by atomic mass is 9.99. The van der Waals surface area contributed by atoms with Gasteiger partial charge in [0.25, 0.3) is 0 Å². The van der Waals surface area contributed by atoms with Crippen LogP contribution in [0.3, 0.4) is 0 Å². The highest BCUT2D eigenvalue weighted by molar-refractivity contribution is 5.94. The van der Waals surface area contributed by atoms with E-state index in [2.05, 4.69) is 10.6 Å². The molecule has 19 heavy (non-hydrogen) atoms. The van der Waals surface area contributed by atoms with Crippen LogP contribution in [0.1, 0.15) is 6.42 Å². The number of carbonyl (C=O) groups excluding carboxylic acids is 1. The molecule has 1 saturated heterocycles. The van der Waals surface area contributed by atoms with E-state index in [1.807, 2.05) is 0 Å². The van der Waals surface area contributed by atoms with Crippen molar-refractivity contribution >= 4 is 17.7 Å². The van der Waals surface area contributed by atoms with Crippen LogP contribution in [0, 0.1) is 5.82 Å². The minimum Gasteiger partial charge on any atom is -0.479 e. The summed E-state index contributed by atoms with van der Waals surface area (Å²) in [5.41, 5.74) is -1.46. The Morgan fingerprint density at radius 1 is 1.37 bits per heavy atom. The van der Waals surface area contributed by atoms with Crippen LogP contribution in [0.4, 0.5) is 14.9 Å². The van der Waals surface area contributed by atoms with E-state index in [-0.39, 0.29) is 25.3 Å². The first-order valence-electron chi connectivity index (χ1n) is 5.68. The van der Waals surface area contributed by atoms with Crippen LogP contribution in [-0.2, 0) is 9.53 Å². The molecule has 1 unspecified atom stereocenters. The molecule has 0 spiro atoms. The zero-order chi connectivity index (χ0) is 13.9. The van der Waals surface area contributed by atoms with E-state index >= 15 is 0 Å². The van der Waals surface area contributed by atoms with Crippen LogP contribution in [0.5, 0.6) is 0 Å². The number of para-hydroxylation sites is 1. The molecule has 0 aromatic heterocycles. The Balaban J connectivity index is 2.05. The molecule has 1 heterocycles. The van der Waals surface area contributed by atoms with Crippen LogP contribution < -0.4 is 10.6 Å². The van der Waals surface area contributed by atoms with E-state index in [1.165, 1.54) is 18.2 Å². The van der Waals surface area contributed by atoms with Gasteiger partial charge >= 0.3 is 12.0 Å². The maximum absolute atomic E-state index is 13.3. The molecule has 2 rings (SSSR count). The molecule has 0 aliphatic carbocycles. The lowest BCUT2D eigenvalue weighted by molar-refractivity contribution is -0.144. The number of carboxylic acid groups (broad SMARTS) is 1. The summed E-state index contributed by atoms with van der Waals surface area (Å²) in [4.78, 5) is 22.9. The second-order valence-corrected chi connectivity index (χ2v) is 4.25. The van der Waals surface area contributed by atoms with Crippen LogP contribution in [-0.4, -0.2) is 35.9 Å². The molecule has 1 aliphatic heterocycles. The minimum absolute atomic E-state index is 0.0144. The van der Waals surface area contributed by atoms with Gasteiger partial charge in [-0.15, -0.1) is 0 Å². The van der Waals surface area contributed by atoms with Crippen molar-refractivity contribution in [1.29, 1.82) is 0 Å². The molecule has 1 atom stereocenters. The van der Waals surface area contributed by atoms with Gasteiger partial charge in [0.15, 0.2) is 5.54 Å². The van der Waals surface area contributed by atoms with Crippen LogP contribution >= 0.6 is 0 Å². The molecule has 6 nitrogen and oxygen atoms in total. The molecule has 1 fully saturated rings. The highest BCUT2D eigenvalue weighted by atomic mass is 19.1. The maximum atomic E-state index is 13.3. The number of anilines is 1. The summed E-state index contributed by atoms with van der Waals surface area (Å²) in [6, 6.07) is 4.85. The summed E-state index contributed by atoms with van der Waals surface area (Å²) in [5, 5.41) is 13.7. The number of hydrogen-bond donors (Lipinski definition) is 3. The first kappa shape index (κ1) is 13.3. The van der Waals surface area contributed by atoms with E-state index < -0.39 is 23.4 Å². The fraction of sp³-hybridized carbons (Fsp3) is 0.333. The van der Waals surface area contributed by atoms with Gasteiger partial charge < -0.3 is 20.5 Å². The molecule has 1 aliphatic rings. The third-order valence-electron chi connectivity index (χ3n) is 2.91. The molecular formula is C12H13FN2O4. The second kappa shape index (κ2) is 5.23. The largest absolute Gasteiger partial charge is 0.479 e. The Labute approximate surface area is 108 Å². The Morgan fingerprint density at radius 3 is 2.68 bits per heavy atom. The fourth-order valence-electron chi connectivity index (χ4n) is 1.82. The molecule has 3 N–H and O–H groups in total. The predicted octanol–water partition coefficient (Wildman–Crippen LogP) is 1.19. The number of hydrogen-bond acceptors (Lipinski definition) is 3. The molecule has 0 saturated carbocycles. The Kier molecular flexibility index (Phi) is 3.66. The van der Waals surface area contributed by atoms with Crippen molar-refractivity contribution in [2.45, 2.75) is 12.0 Å². The number of urea groups is 1. The topological polar surface area (TPSA) is 87.7 Å². The molecule has 0 bridgehead atoms. The number of benzene rings is 1. The normalized spacial score (nSPS) is 21.9. The van der Waals surface area contributed by atoms with Gasteiger partial charge in [0.1, 0.15) is 5.82 Å². The average molecular weight is 268 g/mol. The lowest BCUT2D eigenvalue weighted by Crippen LogP contribution is -2.56. The van der Waals surface area contributed by atoms with Gasteiger partial charge in [-0.1, -0.05) is 12.1 Å². The van der Waals surface area contributed by atoms with E-state index in [4.69, 9.17) is 9.84 Å². The van der Waals surface area contributed by atoms with Crippen molar-refractivity contribution in [1.82, 2.24) is 5.32 Å². The Hall–Kier alpha value is -2.15. The van der Waals surface area contributed by atoms with Gasteiger partial charge in [0, 0.05) is 13.0 Å². The number of carbonyl (C=O) groups is 2. The summed E-state index contributed by atoms with van der Waals surface area (Å²) in [6.45, 7) is 0.152. The van der Waals surface area contributed by atoms with Crippen LogP contribution in [0.25, 0.3) is 0 Å². The highest BCUT2D eigenvalue weighted by Crippen LogP contribution is 2.19. The monoisotopic (exact) mass is 268 g/mol. The van der Waals surface area contributed by atoms with Gasteiger partial charge in [-0.05, 0) is 12.1 Å². The van der Waals surface area contributed by atoms with Crippen molar-refractivity contribution in [2.24, 2.45) is 0 Å². The first-order valence-corrected chi connectivity index (χ1v) is 5.68. The quantitative estimate of drug-likeness (QED) is 0.768.